The molecular formula is C16H18FNO. The van der Waals surface area contributed by atoms with E-state index in [1.807, 2.05) is 36.4 Å². The minimum absolute atomic E-state index is 0.206. The lowest BCUT2D eigenvalue weighted by Crippen LogP contribution is -2.05. The van der Waals surface area contributed by atoms with Crippen LogP contribution < -0.4 is 10.1 Å². The van der Waals surface area contributed by atoms with Crippen LogP contribution in [0, 0.1) is 5.82 Å². The minimum atomic E-state index is -0.206. The van der Waals surface area contributed by atoms with Gasteiger partial charge < -0.3 is 10.1 Å². The van der Waals surface area contributed by atoms with Gasteiger partial charge in [-0.15, -0.1) is 0 Å². The highest BCUT2D eigenvalue weighted by atomic mass is 19.1. The molecule has 0 radical (unpaired) electrons. The largest absolute Gasteiger partial charge is 0.494 e. The quantitative estimate of drug-likeness (QED) is 0.756. The van der Waals surface area contributed by atoms with Crippen molar-refractivity contribution in [2.75, 3.05) is 18.5 Å². The van der Waals surface area contributed by atoms with Crippen LogP contribution in [0.4, 0.5) is 10.1 Å². The summed E-state index contributed by atoms with van der Waals surface area (Å²) in [6.07, 6.45) is 1.89. The Hall–Kier alpha value is -2.03. The predicted molar refractivity (Wildman–Crippen MR) is 76.1 cm³/mol. The number of unbranched alkanes of at least 4 members (excludes halogenated alkanes) is 1. The molecule has 2 nitrogen and oxygen atoms in total. The summed E-state index contributed by atoms with van der Waals surface area (Å²) >= 11 is 0. The monoisotopic (exact) mass is 259 g/mol. The summed E-state index contributed by atoms with van der Waals surface area (Å²) in [4.78, 5) is 0. The van der Waals surface area contributed by atoms with Gasteiger partial charge in [0.15, 0.2) is 0 Å². The van der Waals surface area contributed by atoms with Crippen LogP contribution in [0.25, 0.3) is 0 Å². The molecule has 2 rings (SSSR count). The molecular weight excluding hydrogens is 241 g/mol. The van der Waals surface area contributed by atoms with Gasteiger partial charge in [0.2, 0.25) is 0 Å². The molecule has 0 aliphatic carbocycles. The third-order valence-electron chi connectivity index (χ3n) is 2.77. The van der Waals surface area contributed by atoms with E-state index in [4.69, 9.17) is 4.74 Å². The van der Waals surface area contributed by atoms with Crippen LogP contribution in [0.3, 0.4) is 0 Å². The van der Waals surface area contributed by atoms with Crippen LogP contribution in [0.15, 0.2) is 54.6 Å². The second-order valence-electron chi connectivity index (χ2n) is 4.28. The van der Waals surface area contributed by atoms with Gasteiger partial charge in [-0.1, -0.05) is 30.3 Å². The van der Waals surface area contributed by atoms with Gasteiger partial charge in [0, 0.05) is 6.54 Å². The number of para-hydroxylation sites is 2. The molecule has 0 heterocycles. The fraction of sp³-hybridized carbons (Fsp3) is 0.250. The summed E-state index contributed by atoms with van der Waals surface area (Å²) in [5.41, 5.74) is 0.562. The van der Waals surface area contributed by atoms with Crippen molar-refractivity contribution in [3.63, 3.8) is 0 Å². The minimum Gasteiger partial charge on any atom is -0.494 e. The highest BCUT2D eigenvalue weighted by Gasteiger charge is 1.98. The molecule has 3 heteroatoms. The maximum absolute atomic E-state index is 13.3. The molecule has 19 heavy (non-hydrogen) atoms. The van der Waals surface area contributed by atoms with Gasteiger partial charge in [-0.3, -0.25) is 0 Å². The van der Waals surface area contributed by atoms with Gasteiger partial charge in [0.1, 0.15) is 11.6 Å². The van der Waals surface area contributed by atoms with E-state index in [0.717, 1.165) is 25.1 Å². The second-order valence-corrected chi connectivity index (χ2v) is 4.28. The molecule has 0 aliphatic rings. The topological polar surface area (TPSA) is 21.3 Å². The lowest BCUT2D eigenvalue weighted by molar-refractivity contribution is 0.308. The van der Waals surface area contributed by atoms with Crippen LogP contribution >= 0.6 is 0 Å². The summed E-state index contributed by atoms with van der Waals surface area (Å²) in [7, 11) is 0. The van der Waals surface area contributed by atoms with Crippen molar-refractivity contribution < 1.29 is 9.13 Å². The number of benzene rings is 2. The van der Waals surface area contributed by atoms with Gasteiger partial charge in [-0.2, -0.15) is 0 Å². The molecule has 0 saturated heterocycles. The van der Waals surface area contributed by atoms with Crippen LogP contribution in [-0.2, 0) is 0 Å². The molecule has 1 N–H and O–H groups in total. The highest BCUT2D eigenvalue weighted by Crippen LogP contribution is 2.12. The third kappa shape index (κ3) is 4.62. The molecule has 0 amide bonds. The van der Waals surface area contributed by atoms with Crippen LogP contribution in [0.2, 0.25) is 0 Å². The number of hydrogen-bond acceptors (Lipinski definition) is 2. The number of anilines is 1. The Kier molecular flexibility index (Phi) is 5.23. The molecule has 0 unspecified atom stereocenters. The Morgan fingerprint density at radius 2 is 1.63 bits per heavy atom. The fourth-order valence-electron chi connectivity index (χ4n) is 1.76. The summed E-state index contributed by atoms with van der Waals surface area (Å²) in [5, 5.41) is 3.08. The van der Waals surface area contributed by atoms with Crippen molar-refractivity contribution >= 4 is 5.69 Å². The molecule has 0 saturated carbocycles. The van der Waals surface area contributed by atoms with E-state index in [2.05, 4.69) is 5.32 Å². The Bertz CT molecular complexity index is 487. The Morgan fingerprint density at radius 1 is 0.895 bits per heavy atom. The lowest BCUT2D eigenvalue weighted by Gasteiger charge is -2.08. The van der Waals surface area contributed by atoms with Crippen molar-refractivity contribution in [3.05, 3.63) is 60.4 Å². The summed E-state index contributed by atoms with van der Waals surface area (Å²) < 4.78 is 18.9. The standard InChI is InChI=1S/C16H18FNO/c17-15-10-4-5-11-16(15)18-12-6-7-13-19-14-8-2-1-3-9-14/h1-5,8-11,18H,6-7,12-13H2. The van der Waals surface area contributed by atoms with Crippen LogP contribution in [-0.4, -0.2) is 13.2 Å². The van der Waals surface area contributed by atoms with Crippen molar-refractivity contribution in [1.82, 2.24) is 0 Å². The molecule has 0 fully saturated rings. The highest BCUT2D eigenvalue weighted by molar-refractivity contribution is 5.44. The first-order valence-corrected chi connectivity index (χ1v) is 6.52. The summed E-state index contributed by atoms with van der Waals surface area (Å²) in [5.74, 6) is 0.688. The number of halogens is 1. The smallest absolute Gasteiger partial charge is 0.146 e. The fourth-order valence-corrected chi connectivity index (χ4v) is 1.76. The van der Waals surface area contributed by atoms with Gasteiger partial charge in [0.05, 0.1) is 12.3 Å². The molecule has 0 aliphatic heterocycles. The molecule has 2 aromatic carbocycles. The first-order valence-electron chi connectivity index (χ1n) is 6.52. The van der Waals surface area contributed by atoms with E-state index in [9.17, 15) is 4.39 Å². The summed E-state index contributed by atoms with van der Waals surface area (Å²) in [6, 6.07) is 16.5. The normalized spacial score (nSPS) is 10.2. The van der Waals surface area contributed by atoms with Crippen molar-refractivity contribution in [2.24, 2.45) is 0 Å². The van der Waals surface area contributed by atoms with Gasteiger partial charge >= 0.3 is 0 Å². The van der Waals surface area contributed by atoms with Gasteiger partial charge in [-0.25, -0.2) is 4.39 Å². The Labute approximate surface area is 113 Å². The first kappa shape index (κ1) is 13.4. The zero-order valence-corrected chi connectivity index (χ0v) is 10.8. The average molecular weight is 259 g/mol. The van der Waals surface area contributed by atoms with E-state index in [1.54, 1.807) is 12.1 Å². The Morgan fingerprint density at radius 3 is 2.42 bits per heavy atom. The second kappa shape index (κ2) is 7.41. The maximum Gasteiger partial charge on any atom is 0.146 e. The van der Waals surface area contributed by atoms with Crippen molar-refractivity contribution in [1.29, 1.82) is 0 Å². The molecule has 0 bridgehead atoms. The number of rotatable bonds is 7. The van der Waals surface area contributed by atoms with Crippen molar-refractivity contribution in [2.45, 2.75) is 12.8 Å². The zero-order chi connectivity index (χ0) is 13.3. The Balaban J connectivity index is 1.59. The number of ether oxygens (including phenoxy) is 1. The number of nitrogens with one attached hydrogen (secondary N) is 1. The van der Waals surface area contributed by atoms with E-state index in [0.29, 0.717) is 12.3 Å². The van der Waals surface area contributed by atoms with Crippen molar-refractivity contribution in [3.8, 4) is 5.75 Å². The van der Waals surface area contributed by atoms with E-state index in [1.165, 1.54) is 6.07 Å². The third-order valence-corrected chi connectivity index (χ3v) is 2.77. The molecule has 100 valence electrons. The predicted octanol–water partition coefficient (Wildman–Crippen LogP) is 4.10. The lowest BCUT2D eigenvalue weighted by atomic mass is 10.2. The zero-order valence-electron chi connectivity index (χ0n) is 10.8. The number of hydrogen-bond donors (Lipinski definition) is 1. The summed E-state index contributed by atoms with van der Waals surface area (Å²) in [6.45, 7) is 1.43. The van der Waals surface area contributed by atoms with E-state index >= 15 is 0 Å². The van der Waals surface area contributed by atoms with E-state index in [-0.39, 0.29) is 5.82 Å². The first-order chi connectivity index (χ1) is 9.36. The van der Waals surface area contributed by atoms with Gasteiger partial charge in [0.25, 0.3) is 0 Å². The van der Waals surface area contributed by atoms with Crippen LogP contribution in [0.5, 0.6) is 5.75 Å². The maximum atomic E-state index is 13.3. The average Bonchev–Trinajstić information content (AvgIpc) is 2.45. The van der Waals surface area contributed by atoms with E-state index < -0.39 is 0 Å². The molecule has 2 aromatic rings. The molecule has 0 atom stereocenters. The molecule has 0 aromatic heterocycles. The molecule has 0 spiro atoms. The SMILES string of the molecule is Fc1ccccc1NCCCCOc1ccccc1. The van der Waals surface area contributed by atoms with Gasteiger partial charge in [-0.05, 0) is 37.1 Å². The van der Waals surface area contributed by atoms with Crippen LogP contribution in [0.1, 0.15) is 12.8 Å².